The van der Waals surface area contributed by atoms with Crippen molar-refractivity contribution in [3.05, 3.63) is 109 Å². The molecule has 1 aromatic carbocycles. The standard InChI is InChI=1S/C29H35N3/c1-4-7-11-20-29-27(24-31(23-9-6-3)30-22-16-8-5-2)26-19-14-15-21-28(26)32(29)25-17-12-10-13-18-25/h5-6,8-12,14-17,19-23,30H,3-4,7,13,18,24H2,1-2H3/b8-5-,20-11-,22-16-,23-9+. The van der Waals surface area contributed by atoms with Gasteiger partial charge in [-0.1, -0.05) is 74.6 Å². The summed E-state index contributed by atoms with van der Waals surface area (Å²) < 4.78 is 2.45. The third-order valence-electron chi connectivity index (χ3n) is 5.40. The third kappa shape index (κ3) is 5.82. The molecule has 0 bridgehead atoms. The van der Waals surface area contributed by atoms with Gasteiger partial charge in [-0.15, -0.1) is 0 Å². The summed E-state index contributed by atoms with van der Waals surface area (Å²) >= 11 is 0. The molecule has 0 saturated carbocycles. The Morgan fingerprint density at radius 1 is 1.19 bits per heavy atom. The van der Waals surface area contributed by atoms with Gasteiger partial charge in [-0.3, -0.25) is 5.01 Å². The number of para-hydroxylation sites is 1. The van der Waals surface area contributed by atoms with Gasteiger partial charge in [-0.25, -0.2) is 0 Å². The number of fused-ring (bicyclic) bond motifs is 1. The maximum Gasteiger partial charge on any atom is 0.0664 e. The van der Waals surface area contributed by atoms with Crippen LogP contribution in [0.2, 0.25) is 0 Å². The molecule has 0 radical (unpaired) electrons. The molecular formula is C29H35N3. The van der Waals surface area contributed by atoms with Crippen molar-refractivity contribution in [2.45, 2.75) is 46.1 Å². The van der Waals surface area contributed by atoms with E-state index in [-0.39, 0.29) is 0 Å². The Balaban J connectivity index is 2.12. The smallest absolute Gasteiger partial charge is 0.0664 e. The van der Waals surface area contributed by atoms with E-state index >= 15 is 0 Å². The zero-order chi connectivity index (χ0) is 22.6. The van der Waals surface area contributed by atoms with E-state index < -0.39 is 0 Å². The largest absolute Gasteiger partial charge is 0.313 e. The van der Waals surface area contributed by atoms with Crippen molar-refractivity contribution in [1.29, 1.82) is 0 Å². The molecule has 1 aliphatic rings. The minimum absolute atomic E-state index is 0.729. The molecule has 1 heterocycles. The first-order valence-corrected chi connectivity index (χ1v) is 11.5. The average Bonchev–Trinajstić information content (AvgIpc) is 3.14. The van der Waals surface area contributed by atoms with Crippen molar-refractivity contribution in [2.75, 3.05) is 0 Å². The van der Waals surface area contributed by atoms with Crippen molar-refractivity contribution < 1.29 is 0 Å². The van der Waals surface area contributed by atoms with E-state index in [1.165, 1.54) is 27.9 Å². The number of nitrogens with zero attached hydrogens (tertiary/aromatic N) is 2. The average molecular weight is 426 g/mol. The second-order valence-corrected chi connectivity index (χ2v) is 7.75. The van der Waals surface area contributed by atoms with Crippen LogP contribution in [0, 0.1) is 0 Å². The van der Waals surface area contributed by atoms with E-state index in [9.17, 15) is 0 Å². The van der Waals surface area contributed by atoms with E-state index in [1.54, 1.807) is 6.08 Å². The van der Waals surface area contributed by atoms with Gasteiger partial charge in [-0.05, 0) is 56.6 Å². The van der Waals surface area contributed by atoms with Crippen molar-refractivity contribution >= 4 is 22.7 Å². The second-order valence-electron chi connectivity index (χ2n) is 7.75. The van der Waals surface area contributed by atoms with Gasteiger partial charge < -0.3 is 9.99 Å². The van der Waals surface area contributed by atoms with E-state index in [0.29, 0.717) is 0 Å². The summed E-state index contributed by atoms with van der Waals surface area (Å²) in [5, 5.41) is 3.38. The van der Waals surface area contributed by atoms with Crippen molar-refractivity contribution in [1.82, 2.24) is 15.0 Å². The first kappa shape index (κ1) is 23.2. The number of allylic oxidation sites excluding steroid dienone is 10. The Morgan fingerprint density at radius 2 is 2.06 bits per heavy atom. The SMILES string of the molecule is C=C/C=C/N(Cc1c(/C=C\CCC)n(C2=CC=CCC2)c2ccccc12)N/C=C\C=C/C. The van der Waals surface area contributed by atoms with Crippen LogP contribution >= 0.6 is 0 Å². The van der Waals surface area contributed by atoms with Crippen LogP contribution in [0.25, 0.3) is 22.7 Å². The minimum Gasteiger partial charge on any atom is -0.313 e. The van der Waals surface area contributed by atoms with Crippen LogP contribution in [0.4, 0.5) is 0 Å². The Morgan fingerprint density at radius 3 is 2.81 bits per heavy atom. The lowest BCUT2D eigenvalue weighted by Crippen LogP contribution is -2.28. The molecule has 0 atom stereocenters. The molecule has 1 aromatic heterocycles. The number of hydrazine groups is 1. The highest BCUT2D eigenvalue weighted by molar-refractivity contribution is 5.91. The molecule has 32 heavy (non-hydrogen) atoms. The van der Waals surface area contributed by atoms with Gasteiger partial charge in [0, 0.05) is 29.0 Å². The van der Waals surface area contributed by atoms with Gasteiger partial charge in [-0.2, -0.15) is 0 Å². The molecule has 3 nitrogen and oxygen atoms in total. The maximum atomic E-state index is 3.83. The topological polar surface area (TPSA) is 20.2 Å². The van der Waals surface area contributed by atoms with E-state index in [1.807, 2.05) is 43.6 Å². The highest BCUT2D eigenvalue weighted by Crippen LogP contribution is 2.33. The molecule has 1 aliphatic carbocycles. The van der Waals surface area contributed by atoms with E-state index in [2.05, 4.69) is 83.2 Å². The first-order chi connectivity index (χ1) is 15.8. The van der Waals surface area contributed by atoms with Crippen molar-refractivity contribution in [2.24, 2.45) is 0 Å². The number of hydrogen-bond acceptors (Lipinski definition) is 2. The minimum atomic E-state index is 0.729. The first-order valence-electron chi connectivity index (χ1n) is 11.5. The molecule has 0 amide bonds. The number of aromatic nitrogens is 1. The number of unbranched alkanes of at least 4 members (excludes halogenated alkanes) is 1. The molecule has 3 rings (SSSR count). The van der Waals surface area contributed by atoms with Gasteiger partial charge in [0.1, 0.15) is 0 Å². The lowest BCUT2D eigenvalue weighted by Gasteiger charge is -2.21. The van der Waals surface area contributed by atoms with Crippen LogP contribution in [0.3, 0.4) is 0 Å². The number of rotatable bonds is 11. The molecule has 0 fully saturated rings. The van der Waals surface area contributed by atoms with Crippen LogP contribution in [0.1, 0.15) is 50.8 Å². The second kappa shape index (κ2) is 12.4. The van der Waals surface area contributed by atoms with Crippen molar-refractivity contribution in [3.8, 4) is 0 Å². The fraction of sp³-hybridized carbons (Fsp3) is 0.241. The molecule has 3 heteroatoms. The van der Waals surface area contributed by atoms with E-state index in [4.69, 9.17) is 0 Å². The van der Waals surface area contributed by atoms with Gasteiger partial charge in [0.05, 0.1) is 17.8 Å². The van der Waals surface area contributed by atoms with Gasteiger partial charge in [0.25, 0.3) is 0 Å². The summed E-state index contributed by atoms with van der Waals surface area (Å²) in [6, 6.07) is 8.74. The monoisotopic (exact) mass is 425 g/mol. The van der Waals surface area contributed by atoms with E-state index in [0.717, 1.165) is 32.2 Å². The van der Waals surface area contributed by atoms with Gasteiger partial charge in [0.15, 0.2) is 0 Å². The zero-order valence-corrected chi connectivity index (χ0v) is 19.4. The Labute approximate surface area is 193 Å². The van der Waals surface area contributed by atoms with Crippen molar-refractivity contribution in [3.63, 3.8) is 0 Å². The predicted octanol–water partition coefficient (Wildman–Crippen LogP) is 7.74. The lowest BCUT2D eigenvalue weighted by atomic mass is 10.1. The number of hydrogen-bond donors (Lipinski definition) is 1. The van der Waals surface area contributed by atoms with Gasteiger partial charge >= 0.3 is 0 Å². The lowest BCUT2D eigenvalue weighted by molar-refractivity contribution is 0.309. The van der Waals surface area contributed by atoms with Crippen LogP contribution in [0.5, 0.6) is 0 Å². The fourth-order valence-corrected chi connectivity index (χ4v) is 3.90. The van der Waals surface area contributed by atoms with Crippen LogP contribution in [-0.2, 0) is 6.54 Å². The highest BCUT2D eigenvalue weighted by atomic mass is 15.5. The molecule has 166 valence electrons. The molecule has 1 N–H and O–H groups in total. The quantitative estimate of drug-likeness (QED) is 0.293. The number of nitrogens with one attached hydrogen (secondary N) is 1. The van der Waals surface area contributed by atoms with Crippen LogP contribution < -0.4 is 5.43 Å². The fourth-order valence-electron chi connectivity index (χ4n) is 3.90. The molecule has 2 aromatic rings. The summed E-state index contributed by atoms with van der Waals surface area (Å²) in [5.74, 6) is 0. The molecule has 0 saturated heterocycles. The summed E-state index contributed by atoms with van der Waals surface area (Å²) in [4.78, 5) is 0. The predicted molar refractivity (Wildman–Crippen MR) is 140 cm³/mol. The number of benzene rings is 1. The Kier molecular flexibility index (Phi) is 9.00. The Bertz CT molecular complexity index is 1070. The molecule has 0 aliphatic heterocycles. The zero-order valence-electron chi connectivity index (χ0n) is 19.4. The maximum absolute atomic E-state index is 3.83. The molecule has 0 unspecified atom stereocenters. The highest BCUT2D eigenvalue weighted by Gasteiger charge is 2.19. The van der Waals surface area contributed by atoms with Crippen LogP contribution in [-0.4, -0.2) is 9.58 Å². The summed E-state index contributed by atoms with van der Waals surface area (Å²) in [6.07, 6.45) is 29.4. The molecule has 0 spiro atoms. The summed E-state index contributed by atoms with van der Waals surface area (Å²) in [6.45, 7) is 8.79. The third-order valence-corrected chi connectivity index (χ3v) is 5.40. The van der Waals surface area contributed by atoms with Gasteiger partial charge in [0.2, 0.25) is 0 Å². The summed E-state index contributed by atoms with van der Waals surface area (Å²) in [7, 11) is 0. The summed E-state index contributed by atoms with van der Waals surface area (Å²) in [5.41, 5.74) is 8.57. The van der Waals surface area contributed by atoms with Crippen LogP contribution in [0.15, 0.2) is 97.9 Å². The normalized spacial score (nSPS) is 14.4. The Hall–Kier alpha value is -3.46. The molecular weight excluding hydrogens is 390 g/mol.